The average Bonchev–Trinajstić information content (AvgIpc) is 2.97. The van der Waals surface area contributed by atoms with Gasteiger partial charge in [0.2, 0.25) is 0 Å². The summed E-state index contributed by atoms with van der Waals surface area (Å²) in [6.45, 7) is 10.9. The number of aliphatic hydroxyl groups is 1. The lowest BCUT2D eigenvalue weighted by Crippen LogP contribution is -2.48. The fourth-order valence-corrected chi connectivity index (χ4v) is 2.09. The van der Waals surface area contributed by atoms with Gasteiger partial charge in [-0.3, -0.25) is 0 Å². The van der Waals surface area contributed by atoms with Gasteiger partial charge < -0.3 is 14.5 Å². The van der Waals surface area contributed by atoms with Gasteiger partial charge in [0, 0.05) is 5.57 Å². The first-order valence-corrected chi connectivity index (χ1v) is 6.76. The van der Waals surface area contributed by atoms with Crippen LogP contribution in [0.4, 0.5) is 0 Å². The number of hydrogen-bond donors (Lipinski definition) is 1. The van der Waals surface area contributed by atoms with Crippen molar-refractivity contribution in [2.24, 2.45) is 0 Å². The highest BCUT2D eigenvalue weighted by molar-refractivity contribution is 6.77. The lowest BCUT2D eigenvalue weighted by molar-refractivity contribution is -0.136. The van der Waals surface area contributed by atoms with Crippen molar-refractivity contribution in [2.45, 2.75) is 65.0 Å². The van der Waals surface area contributed by atoms with Crippen LogP contribution < -0.4 is 0 Å². The van der Waals surface area contributed by atoms with Crippen molar-refractivity contribution < 1.29 is 19.3 Å². The van der Waals surface area contributed by atoms with Crippen molar-refractivity contribution in [1.29, 1.82) is 0 Å². The van der Waals surface area contributed by atoms with E-state index in [2.05, 4.69) is 6.92 Å². The average molecular weight is 268 g/mol. The highest BCUT2D eigenvalue weighted by Gasteiger charge is 2.55. The Morgan fingerprint density at radius 2 is 1.89 bits per heavy atom. The number of carbonyl (C=O) groups excluding carboxylic acids is 1. The Labute approximate surface area is 116 Å². The number of rotatable bonds is 5. The number of methoxy groups -OCH3 is 1. The minimum absolute atomic E-state index is 0.0921. The molecule has 1 saturated heterocycles. The summed E-state index contributed by atoms with van der Waals surface area (Å²) in [5.41, 5.74) is 0.0130. The van der Waals surface area contributed by atoms with E-state index in [-0.39, 0.29) is 18.7 Å². The summed E-state index contributed by atoms with van der Waals surface area (Å²) < 4.78 is 10.8. The second-order valence-corrected chi connectivity index (χ2v) is 6.19. The van der Waals surface area contributed by atoms with Crippen molar-refractivity contribution >= 4 is 12.9 Å². The lowest BCUT2D eigenvalue weighted by atomic mass is 9.81. The molecule has 0 spiro atoms. The minimum atomic E-state index is -0.946. The first kappa shape index (κ1) is 16.2. The first-order chi connectivity index (χ1) is 8.56. The predicted octanol–water partition coefficient (Wildman–Crippen LogP) is 2.37. The monoisotopic (exact) mass is 268 g/mol. The molecule has 108 valence electrons. The molecule has 1 rings (SSSR count). The van der Waals surface area contributed by atoms with Crippen LogP contribution in [-0.4, -0.2) is 36.3 Å². The maximum absolute atomic E-state index is 11.6. The van der Waals surface area contributed by atoms with Gasteiger partial charge in [0.25, 0.3) is 0 Å². The smallest absolute Gasteiger partial charge is 0.332 e. The molecule has 4 nitrogen and oxygen atoms in total. The number of carbonyl (C=O) groups is 1. The third-order valence-electron chi connectivity index (χ3n) is 4.22. The Bertz CT molecular complexity index is 393. The number of ether oxygens (including phenoxy) is 1. The van der Waals surface area contributed by atoms with Crippen molar-refractivity contribution in [3.63, 3.8) is 0 Å². The third kappa shape index (κ3) is 3.21. The van der Waals surface area contributed by atoms with E-state index in [4.69, 9.17) is 9.39 Å². The molecule has 0 aromatic carbocycles. The van der Waals surface area contributed by atoms with E-state index in [0.29, 0.717) is 5.57 Å². The predicted molar refractivity (Wildman–Crippen MR) is 76.0 cm³/mol. The fourth-order valence-electron chi connectivity index (χ4n) is 2.09. The Balaban J connectivity index is 2.90. The summed E-state index contributed by atoms with van der Waals surface area (Å²) >= 11 is 0. The maximum atomic E-state index is 11.6. The molecule has 1 atom stereocenters. The molecule has 0 amide bonds. The molecule has 0 saturated carbocycles. The summed E-state index contributed by atoms with van der Waals surface area (Å²) in [4.78, 5) is 11.6. The van der Waals surface area contributed by atoms with E-state index in [1.54, 1.807) is 20.8 Å². The normalized spacial score (nSPS) is 22.3. The van der Waals surface area contributed by atoms with Crippen molar-refractivity contribution in [2.75, 3.05) is 7.11 Å². The summed E-state index contributed by atoms with van der Waals surface area (Å²) in [7, 11) is 1.38. The van der Waals surface area contributed by atoms with Crippen LogP contribution in [0, 0.1) is 0 Å². The molecule has 19 heavy (non-hydrogen) atoms. The molecule has 1 aliphatic rings. The zero-order valence-corrected chi connectivity index (χ0v) is 13.0. The van der Waals surface area contributed by atoms with Crippen LogP contribution in [0.15, 0.2) is 11.0 Å². The van der Waals surface area contributed by atoms with E-state index in [0.717, 1.165) is 11.9 Å². The first-order valence-electron chi connectivity index (χ1n) is 6.76. The SMILES string of the molecule is CCC1B(OC(C)(C)C(C)(C)O)/C1=C(/C)C(=O)OC. The molecule has 0 aromatic rings. The van der Waals surface area contributed by atoms with E-state index in [1.807, 2.05) is 13.8 Å². The van der Waals surface area contributed by atoms with Gasteiger partial charge in [-0.1, -0.05) is 18.8 Å². The summed E-state index contributed by atoms with van der Waals surface area (Å²) in [5.74, 6) is -0.0543. The largest absolute Gasteiger partial charge is 0.466 e. The Kier molecular flexibility index (Phi) is 4.53. The summed E-state index contributed by atoms with van der Waals surface area (Å²) in [6, 6.07) is 0. The van der Waals surface area contributed by atoms with Gasteiger partial charge in [-0.15, -0.1) is 0 Å². The topological polar surface area (TPSA) is 55.8 Å². The molecule has 1 N–H and O–H groups in total. The summed E-state index contributed by atoms with van der Waals surface area (Å²) in [6.07, 6.45) is 0.913. The molecular formula is C14H25BO4. The van der Waals surface area contributed by atoms with Gasteiger partial charge in [-0.25, -0.2) is 4.79 Å². The quantitative estimate of drug-likeness (QED) is 0.472. The maximum Gasteiger partial charge on any atom is 0.332 e. The van der Waals surface area contributed by atoms with Crippen molar-refractivity contribution in [3.8, 4) is 0 Å². The van der Waals surface area contributed by atoms with Gasteiger partial charge in [-0.2, -0.15) is 0 Å². The third-order valence-corrected chi connectivity index (χ3v) is 4.22. The summed E-state index contributed by atoms with van der Waals surface area (Å²) in [5, 5.41) is 10.1. The molecular weight excluding hydrogens is 243 g/mol. The van der Waals surface area contributed by atoms with Gasteiger partial charge in [0.15, 0.2) is 0 Å². The zero-order chi connectivity index (χ0) is 15.0. The molecule has 1 aliphatic heterocycles. The second-order valence-electron chi connectivity index (χ2n) is 6.19. The van der Waals surface area contributed by atoms with E-state index in [9.17, 15) is 9.90 Å². The highest BCUT2D eigenvalue weighted by atomic mass is 16.5. The van der Waals surface area contributed by atoms with Crippen LogP contribution in [0.3, 0.4) is 0 Å². The van der Waals surface area contributed by atoms with Crippen molar-refractivity contribution in [3.05, 3.63) is 11.0 Å². The van der Waals surface area contributed by atoms with E-state index in [1.165, 1.54) is 7.11 Å². The van der Waals surface area contributed by atoms with Crippen molar-refractivity contribution in [1.82, 2.24) is 0 Å². The number of allylic oxidation sites excluding steroid dienone is 1. The van der Waals surface area contributed by atoms with Crippen LogP contribution >= 0.6 is 0 Å². The van der Waals surface area contributed by atoms with E-state index >= 15 is 0 Å². The fraction of sp³-hybridized carbons (Fsp3) is 0.786. The number of hydrogen-bond acceptors (Lipinski definition) is 4. The van der Waals surface area contributed by atoms with Gasteiger partial charge in [-0.05, 0) is 40.4 Å². The van der Waals surface area contributed by atoms with Gasteiger partial charge in [0.1, 0.15) is 0 Å². The molecule has 0 aliphatic carbocycles. The zero-order valence-electron chi connectivity index (χ0n) is 13.0. The van der Waals surface area contributed by atoms with Gasteiger partial charge in [0.05, 0.1) is 18.3 Å². The van der Waals surface area contributed by atoms with Crippen LogP contribution in [-0.2, 0) is 14.2 Å². The second kappa shape index (κ2) is 5.29. The van der Waals surface area contributed by atoms with Crippen LogP contribution in [0.2, 0.25) is 5.82 Å². The molecule has 0 radical (unpaired) electrons. The van der Waals surface area contributed by atoms with Crippen LogP contribution in [0.5, 0.6) is 0 Å². The Morgan fingerprint density at radius 3 is 2.26 bits per heavy atom. The molecule has 1 heterocycles. The molecule has 1 unspecified atom stereocenters. The van der Waals surface area contributed by atoms with Gasteiger partial charge >= 0.3 is 12.9 Å². The molecule has 0 bridgehead atoms. The van der Waals surface area contributed by atoms with Crippen LogP contribution in [0.25, 0.3) is 0 Å². The minimum Gasteiger partial charge on any atom is -0.466 e. The standard InChI is InChI=1S/C14H25BO4/c1-8-10-11(9(2)12(16)18-7)15(10)19-14(5,6)13(3,4)17/h10,17H,8H2,1-7H3/b11-9-. The lowest BCUT2D eigenvalue weighted by Gasteiger charge is -2.37. The number of esters is 1. The molecule has 1 fully saturated rings. The molecule has 5 heteroatoms. The highest BCUT2D eigenvalue weighted by Crippen LogP contribution is 2.50. The Morgan fingerprint density at radius 1 is 1.37 bits per heavy atom. The Hall–Kier alpha value is -0.805. The van der Waals surface area contributed by atoms with Crippen LogP contribution in [0.1, 0.15) is 48.0 Å². The molecule has 0 aromatic heterocycles. The van der Waals surface area contributed by atoms with E-state index < -0.39 is 11.2 Å².